The van der Waals surface area contributed by atoms with Crippen molar-refractivity contribution in [3.8, 4) is 0 Å². The van der Waals surface area contributed by atoms with Crippen molar-refractivity contribution < 1.29 is 33.9 Å². The lowest BCUT2D eigenvalue weighted by molar-refractivity contribution is -0.142. The van der Waals surface area contributed by atoms with E-state index in [9.17, 15) is 33.9 Å². The molecule has 0 spiro atoms. The third-order valence-corrected chi connectivity index (χ3v) is 5.01. The highest BCUT2D eigenvalue weighted by molar-refractivity contribution is 5.96. The standard InChI is InChI=1S/C21H34N8O7/c1-10(2)5-12(22)18(32)27-13(3-4-16(23)30)19(33)28-14(7-17(24)31)20(34)29-15(21(35)36)6-11-8-25-9-26-11/h8-10,12-15H,3-7,22H2,1-2H3,(H2,23,30)(H2,24,31)(H,25,26)(H,27,32)(H,28,33)(H,29,34)(H,35,36). The van der Waals surface area contributed by atoms with Crippen LogP contribution < -0.4 is 33.2 Å². The molecule has 11 N–H and O–H groups in total. The van der Waals surface area contributed by atoms with Gasteiger partial charge in [0.1, 0.15) is 18.1 Å². The first-order chi connectivity index (χ1) is 16.8. The Balaban J connectivity index is 3.01. The van der Waals surface area contributed by atoms with Crippen LogP contribution >= 0.6 is 0 Å². The van der Waals surface area contributed by atoms with Gasteiger partial charge < -0.3 is 43.2 Å². The Hall–Kier alpha value is -4.01. The average Bonchev–Trinajstić information content (AvgIpc) is 3.27. The third kappa shape index (κ3) is 10.9. The molecule has 1 aromatic heterocycles. The van der Waals surface area contributed by atoms with Gasteiger partial charge in [0, 0.05) is 24.7 Å². The van der Waals surface area contributed by atoms with Gasteiger partial charge in [-0.1, -0.05) is 13.8 Å². The van der Waals surface area contributed by atoms with Crippen molar-refractivity contribution in [1.29, 1.82) is 0 Å². The number of hydrogen-bond donors (Lipinski definition) is 8. The number of nitrogens with two attached hydrogens (primary N) is 3. The quantitative estimate of drug-likeness (QED) is 0.112. The maximum absolute atomic E-state index is 12.9. The predicted molar refractivity (Wildman–Crippen MR) is 125 cm³/mol. The third-order valence-electron chi connectivity index (χ3n) is 5.01. The van der Waals surface area contributed by atoms with Crippen LogP contribution in [0, 0.1) is 5.92 Å². The largest absolute Gasteiger partial charge is 0.480 e. The Morgan fingerprint density at radius 1 is 0.944 bits per heavy atom. The molecule has 15 heteroatoms. The van der Waals surface area contributed by atoms with Crippen LogP contribution in [0.2, 0.25) is 0 Å². The highest BCUT2D eigenvalue weighted by Crippen LogP contribution is 2.06. The van der Waals surface area contributed by atoms with Crippen LogP contribution in [0.4, 0.5) is 0 Å². The molecule has 4 atom stereocenters. The number of aromatic nitrogens is 2. The fourth-order valence-electron chi connectivity index (χ4n) is 3.22. The lowest BCUT2D eigenvalue weighted by Gasteiger charge is -2.25. The Kier molecular flexibility index (Phi) is 12.0. The number of amides is 5. The summed E-state index contributed by atoms with van der Waals surface area (Å²) >= 11 is 0. The minimum absolute atomic E-state index is 0.0937. The van der Waals surface area contributed by atoms with E-state index in [2.05, 4.69) is 25.9 Å². The zero-order valence-electron chi connectivity index (χ0n) is 20.2. The molecule has 15 nitrogen and oxygen atoms in total. The van der Waals surface area contributed by atoms with E-state index in [-0.39, 0.29) is 25.2 Å². The molecule has 0 aromatic carbocycles. The minimum Gasteiger partial charge on any atom is -0.480 e. The number of carboxylic acid groups (broad SMARTS) is 1. The Labute approximate surface area is 207 Å². The molecule has 4 unspecified atom stereocenters. The molecule has 36 heavy (non-hydrogen) atoms. The number of rotatable bonds is 16. The minimum atomic E-state index is -1.56. The fraction of sp³-hybridized carbons (Fsp3) is 0.571. The molecule has 0 radical (unpaired) electrons. The van der Waals surface area contributed by atoms with E-state index in [4.69, 9.17) is 17.2 Å². The summed E-state index contributed by atoms with van der Waals surface area (Å²) < 4.78 is 0. The summed E-state index contributed by atoms with van der Waals surface area (Å²) in [5.41, 5.74) is 16.6. The lowest BCUT2D eigenvalue weighted by Crippen LogP contribution is -2.58. The van der Waals surface area contributed by atoms with Crippen molar-refractivity contribution in [2.75, 3.05) is 0 Å². The van der Waals surface area contributed by atoms with Gasteiger partial charge in [-0.2, -0.15) is 0 Å². The van der Waals surface area contributed by atoms with E-state index in [1.54, 1.807) is 0 Å². The van der Waals surface area contributed by atoms with Crippen LogP contribution in [0.15, 0.2) is 12.5 Å². The first-order valence-electron chi connectivity index (χ1n) is 11.2. The van der Waals surface area contributed by atoms with E-state index >= 15 is 0 Å². The smallest absolute Gasteiger partial charge is 0.326 e. The van der Waals surface area contributed by atoms with E-state index in [0.717, 1.165) is 0 Å². The summed E-state index contributed by atoms with van der Waals surface area (Å²) in [5, 5.41) is 16.4. The first-order valence-corrected chi connectivity index (χ1v) is 11.2. The van der Waals surface area contributed by atoms with Gasteiger partial charge in [0.25, 0.3) is 0 Å². The second kappa shape index (κ2) is 14.4. The number of hydrogen-bond acceptors (Lipinski definition) is 8. The van der Waals surface area contributed by atoms with Crippen LogP contribution in [-0.4, -0.2) is 74.7 Å². The highest BCUT2D eigenvalue weighted by Gasteiger charge is 2.31. The van der Waals surface area contributed by atoms with Crippen LogP contribution in [0.25, 0.3) is 0 Å². The number of imidazole rings is 1. The number of H-pyrrole nitrogens is 1. The topological polar surface area (TPSA) is 265 Å². The maximum atomic E-state index is 12.9. The van der Waals surface area contributed by atoms with Gasteiger partial charge in [-0.25, -0.2) is 9.78 Å². The van der Waals surface area contributed by atoms with Gasteiger partial charge in [0.15, 0.2) is 0 Å². The molecule has 5 amide bonds. The normalized spacial score (nSPS) is 14.2. The maximum Gasteiger partial charge on any atom is 0.326 e. The van der Waals surface area contributed by atoms with Crippen molar-refractivity contribution in [3.05, 3.63) is 18.2 Å². The molecule has 200 valence electrons. The first kappa shape index (κ1) is 30.0. The second-order valence-corrected chi connectivity index (χ2v) is 8.71. The van der Waals surface area contributed by atoms with Crippen LogP contribution in [0.1, 0.15) is 45.2 Å². The number of aliphatic carboxylic acids is 1. The van der Waals surface area contributed by atoms with Gasteiger partial charge in [0.2, 0.25) is 29.5 Å². The number of carboxylic acids is 1. The summed E-state index contributed by atoms with van der Waals surface area (Å²) in [4.78, 5) is 79.1. The van der Waals surface area contributed by atoms with Crippen LogP contribution in [0.3, 0.4) is 0 Å². The number of carbonyl (C=O) groups excluding carboxylic acids is 5. The van der Waals surface area contributed by atoms with E-state index in [1.807, 2.05) is 13.8 Å². The molecule has 1 aromatic rings. The number of primary amides is 2. The lowest BCUT2D eigenvalue weighted by atomic mass is 10.0. The van der Waals surface area contributed by atoms with Gasteiger partial charge in [0.05, 0.1) is 18.8 Å². The van der Waals surface area contributed by atoms with Crippen molar-refractivity contribution in [1.82, 2.24) is 25.9 Å². The zero-order chi connectivity index (χ0) is 27.4. The molecule has 0 aliphatic carbocycles. The molecular formula is C21H34N8O7. The summed E-state index contributed by atoms with van der Waals surface area (Å²) in [7, 11) is 0. The van der Waals surface area contributed by atoms with E-state index in [1.165, 1.54) is 12.5 Å². The van der Waals surface area contributed by atoms with Crippen molar-refractivity contribution in [2.45, 2.75) is 70.1 Å². The number of nitrogens with zero attached hydrogens (tertiary/aromatic N) is 1. The molecule has 0 saturated heterocycles. The molecule has 1 rings (SSSR count). The molecule has 0 fully saturated rings. The van der Waals surface area contributed by atoms with Gasteiger partial charge in [-0.3, -0.25) is 24.0 Å². The van der Waals surface area contributed by atoms with Crippen molar-refractivity contribution in [2.24, 2.45) is 23.1 Å². The molecule has 0 aliphatic heterocycles. The highest BCUT2D eigenvalue weighted by atomic mass is 16.4. The van der Waals surface area contributed by atoms with Gasteiger partial charge in [-0.15, -0.1) is 0 Å². The van der Waals surface area contributed by atoms with Gasteiger partial charge in [-0.05, 0) is 18.8 Å². The zero-order valence-corrected chi connectivity index (χ0v) is 20.2. The second-order valence-electron chi connectivity index (χ2n) is 8.71. The Morgan fingerprint density at radius 3 is 2.03 bits per heavy atom. The molecular weight excluding hydrogens is 476 g/mol. The van der Waals surface area contributed by atoms with Gasteiger partial charge >= 0.3 is 5.97 Å². The summed E-state index contributed by atoms with van der Waals surface area (Å²) in [6.07, 6.45) is 1.76. The average molecular weight is 511 g/mol. The van der Waals surface area contributed by atoms with Crippen molar-refractivity contribution >= 4 is 35.5 Å². The van der Waals surface area contributed by atoms with Crippen LogP contribution in [-0.2, 0) is 35.2 Å². The predicted octanol–water partition coefficient (Wildman–Crippen LogP) is -2.99. The summed E-state index contributed by atoms with van der Waals surface area (Å²) in [6, 6.07) is -5.22. The molecule has 1 heterocycles. The number of nitrogens with one attached hydrogen (secondary N) is 4. The fourth-order valence-corrected chi connectivity index (χ4v) is 3.22. The SMILES string of the molecule is CC(C)CC(N)C(=O)NC(CCC(N)=O)C(=O)NC(CC(N)=O)C(=O)NC(Cc1cnc[nH]1)C(=O)O. The molecule has 0 bridgehead atoms. The Bertz CT molecular complexity index is 935. The van der Waals surface area contributed by atoms with E-state index < -0.39 is 66.1 Å². The summed E-state index contributed by atoms with van der Waals surface area (Å²) in [6.45, 7) is 3.71. The molecule has 0 saturated carbocycles. The van der Waals surface area contributed by atoms with Crippen LogP contribution in [0.5, 0.6) is 0 Å². The number of carbonyl (C=O) groups is 6. The number of aromatic amines is 1. The van der Waals surface area contributed by atoms with E-state index in [0.29, 0.717) is 12.1 Å². The monoisotopic (exact) mass is 510 g/mol. The summed E-state index contributed by atoms with van der Waals surface area (Å²) in [5.74, 6) is -5.52. The van der Waals surface area contributed by atoms with Crippen molar-refractivity contribution in [3.63, 3.8) is 0 Å². The molecule has 0 aliphatic rings. The Morgan fingerprint density at radius 2 is 1.53 bits per heavy atom.